The van der Waals surface area contributed by atoms with Gasteiger partial charge in [-0.25, -0.2) is 0 Å². The number of nitrogens with zero attached hydrogens (tertiary/aromatic N) is 2. The van der Waals surface area contributed by atoms with Gasteiger partial charge in [0.2, 0.25) is 5.91 Å². The summed E-state index contributed by atoms with van der Waals surface area (Å²) >= 11 is 0. The number of halogens is 3. The maximum Gasteiger partial charge on any atom is 0.573 e. The first-order valence-electron chi connectivity index (χ1n) is 7.91. The fourth-order valence-corrected chi connectivity index (χ4v) is 4.15. The molecule has 0 atom stereocenters. The highest BCUT2D eigenvalue weighted by atomic mass is 32.2. The first-order chi connectivity index (χ1) is 12.0. The lowest BCUT2D eigenvalue weighted by Gasteiger charge is -2.36. The molecule has 2 fully saturated rings. The smallest absolute Gasteiger partial charge is 0.406 e. The van der Waals surface area contributed by atoms with Gasteiger partial charge < -0.3 is 9.64 Å². The molecular weight excluding hydrogens is 377 g/mol. The summed E-state index contributed by atoms with van der Waals surface area (Å²) in [6.07, 6.45) is -3.68. The van der Waals surface area contributed by atoms with Crippen LogP contribution in [0.2, 0.25) is 0 Å². The fraction of sp³-hybridized carbons (Fsp3) is 0.533. The van der Waals surface area contributed by atoms with Gasteiger partial charge in [0.25, 0.3) is 0 Å². The van der Waals surface area contributed by atoms with Gasteiger partial charge in [-0.3, -0.25) is 9.35 Å². The summed E-state index contributed by atoms with van der Waals surface area (Å²) in [5, 5.41) is 0. The van der Waals surface area contributed by atoms with E-state index in [-0.39, 0.29) is 37.6 Å². The molecule has 1 amide bonds. The Morgan fingerprint density at radius 3 is 2.08 bits per heavy atom. The van der Waals surface area contributed by atoms with Crippen molar-refractivity contribution in [1.82, 2.24) is 4.31 Å². The number of carbonyl (C=O) groups is 1. The minimum atomic E-state index is -4.78. The summed E-state index contributed by atoms with van der Waals surface area (Å²) in [4.78, 5) is 14.3. The molecule has 2 saturated heterocycles. The normalized spacial score (nSPS) is 21.4. The van der Waals surface area contributed by atoms with Crippen molar-refractivity contribution in [2.75, 3.05) is 24.5 Å². The third kappa shape index (κ3) is 3.79. The second-order valence-electron chi connectivity index (χ2n) is 6.41. The molecule has 26 heavy (non-hydrogen) atoms. The first kappa shape index (κ1) is 18.9. The lowest BCUT2D eigenvalue weighted by Crippen LogP contribution is -2.46. The van der Waals surface area contributed by atoms with Crippen LogP contribution < -0.4 is 9.64 Å². The molecule has 0 saturated carbocycles. The number of rotatable bonds is 3. The van der Waals surface area contributed by atoms with Gasteiger partial charge >= 0.3 is 16.7 Å². The van der Waals surface area contributed by atoms with E-state index in [1.165, 1.54) is 17.0 Å². The van der Waals surface area contributed by atoms with E-state index < -0.39 is 22.1 Å². The van der Waals surface area contributed by atoms with Crippen molar-refractivity contribution in [3.05, 3.63) is 24.3 Å². The monoisotopic (exact) mass is 394 g/mol. The molecule has 0 bridgehead atoms. The number of carbonyl (C=O) groups excluding carboxylic acids is 1. The summed E-state index contributed by atoms with van der Waals surface area (Å²) in [7, 11) is -4.27. The third-order valence-electron chi connectivity index (χ3n) is 4.90. The number of benzene rings is 1. The van der Waals surface area contributed by atoms with E-state index in [0.717, 1.165) is 16.4 Å². The van der Waals surface area contributed by atoms with Crippen molar-refractivity contribution in [1.29, 1.82) is 0 Å². The van der Waals surface area contributed by atoms with Crippen LogP contribution >= 0.6 is 0 Å². The van der Waals surface area contributed by atoms with E-state index in [4.69, 9.17) is 4.55 Å². The Kier molecular flexibility index (Phi) is 4.65. The van der Waals surface area contributed by atoms with Crippen LogP contribution in [-0.2, 0) is 15.1 Å². The van der Waals surface area contributed by atoms with E-state index >= 15 is 0 Å². The Labute approximate surface area is 148 Å². The van der Waals surface area contributed by atoms with Crippen LogP contribution in [0.1, 0.15) is 19.3 Å². The molecule has 144 valence electrons. The highest BCUT2D eigenvalue weighted by molar-refractivity contribution is 7.83. The Balaban J connectivity index is 1.70. The van der Waals surface area contributed by atoms with Gasteiger partial charge in [-0.15, -0.1) is 13.2 Å². The van der Waals surface area contributed by atoms with Gasteiger partial charge in [0.1, 0.15) is 5.75 Å². The van der Waals surface area contributed by atoms with E-state index in [1.54, 1.807) is 0 Å². The predicted molar refractivity (Wildman–Crippen MR) is 84.9 cm³/mol. The molecule has 0 aromatic heterocycles. The van der Waals surface area contributed by atoms with E-state index in [2.05, 4.69) is 4.74 Å². The molecule has 0 unspecified atom stereocenters. The molecule has 1 spiro atoms. The van der Waals surface area contributed by atoms with Crippen LogP contribution in [0.15, 0.2) is 24.3 Å². The number of piperidine rings is 1. The van der Waals surface area contributed by atoms with E-state index in [0.29, 0.717) is 18.7 Å². The number of anilines is 1. The highest BCUT2D eigenvalue weighted by Gasteiger charge is 2.49. The molecule has 1 aromatic carbocycles. The quantitative estimate of drug-likeness (QED) is 0.795. The maximum atomic E-state index is 12.8. The Hall–Kier alpha value is -1.85. The van der Waals surface area contributed by atoms with Crippen LogP contribution in [0.5, 0.6) is 5.75 Å². The van der Waals surface area contributed by atoms with Crippen molar-refractivity contribution in [3.63, 3.8) is 0 Å². The summed E-state index contributed by atoms with van der Waals surface area (Å²) in [5.41, 5.74) is -0.249. The second-order valence-corrected chi connectivity index (χ2v) is 7.82. The molecule has 1 aromatic rings. The van der Waals surface area contributed by atoms with Gasteiger partial charge in [-0.1, -0.05) is 0 Å². The van der Waals surface area contributed by atoms with Crippen LogP contribution in [-0.4, -0.2) is 49.2 Å². The lowest BCUT2D eigenvalue weighted by atomic mass is 9.77. The summed E-state index contributed by atoms with van der Waals surface area (Å²) in [6.45, 7) is 0.498. The molecule has 1 N–H and O–H groups in total. The molecule has 2 aliphatic rings. The van der Waals surface area contributed by atoms with Gasteiger partial charge in [0.15, 0.2) is 0 Å². The van der Waals surface area contributed by atoms with Crippen molar-refractivity contribution < 1.29 is 35.7 Å². The van der Waals surface area contributed by atoms with Crippen molar-refractivity contribution in [2.45, 2.75) is 25.6 Å². The van der Waals surface area contributed by atoms with Crippen LogP contribution in [0.4, 0.5) is 18.9 Å². The van der Waals surface area contributed by atoms with E-state index in [1.807, 2.05) is 0 Å². The number of ether oxygens (including phenoxy) is 1. The zero-order valence-corrected chi connectivity index (χ0v) is 14.4. The van der Waals surface area contributed by atoms with Gasteiger partial charge in [-0.2, -0.15) is 12.7 Å². The largest absolute Gasteiger partial charge is 0.573 e. The minimum Gasteiger partial charge on any atom is -0.406 e. The number of amides is 1. The molecule has 2 aliphatic heterocycles. The zero-order chi connectivity index (χ0) is 19.2. The molecule has 0 aliphatic carbocycles. The maximum absolute atomic E-state index is 12.8. The average molecular weight is 394 g/mol. The highest BCUT2D eigenvalue weighted by Crippen LogP contribution is 2.43. The molecule has 0 radical (unpaired) electrons. The fourth-order valence-electron chi connectivity index (χ4n) is 3.50. The lowest BCUT2D eigenvalue weighted by molar-refractivity contribution is -0.274. The Bertz CT molecular complexity index is 786. The molecule has 11 heteroatoms. The topological polar surface area (TPSA) is 87.2 Å². The average Bonchev–Trinajstić information content (AvgIpc) is 2.83. The molecule has 3 rings (SSSR count). The number of hydrogen-bond acceptors (Lipinski definition) is 4. The number of hydrogen-bond donors (Lipinski definition) is 1. The van der Waals surface area contributed by atoms with E-state index in [9.17, 15) is 26.4 Å². The van der Waals surface area contributed by atoms with Crippen molar-refractivity contribution in [2.24, 2.45) is 5.41 Å². The minimum absolute atomic E-state index is 0.0524. The Morgan fingerprint density at radius 1 is 1.04 bits per heavy atom. The van der Waals surface area contributed by atoms with Gasteiger partial charge in [-0.05, 0) is 43.5 Å². The van der Waals surface area contributed by atoms with Crippen LogP contribution in [0.3, 0.4) is 0 Å². The second kappa shape index (κ2) is 6.39. The van der Waals surface area contributed by atoms with Crippen molar-refractivity contribution >= 4 is 21.9 Å². The summed E-state index contributed by atoms with van der Waals surface area (Å²) in [6, 6.07) is 5.04. The number of alkyl halides is 3. The summed E-state index contributed by atoms with van der Waals surface area (Å²) < 4.78 is 72.8. The Morgan fingerprint density at radius 2 is 1.58 bits per heavy atom. The third-order valence-corrected chi connectivity index (χ3v) is 5.92. The first-order valence-corrected chi connectivity index (χ1v) is 9.30. The van der Waals surface area contributed by atoms with Gasteiger partial charge in [0, 0.05) is 25.3 Å². The standard InChI is InChI=1S/C15H17F3N2O5S/c16-15(17,18)25-12-3-1-11(2-4-12)20-10-7-14(13(20)21)5-8-19(9-6-14)26(22,23)24/h1-4H,5-10H2,(H,22,23,24). The zero-order valence-electron chi connectivity index (χ0n) is 13.6. The molecular formula is C15H17F3N2O5S. The van der Waals surface area contributed by atoms with Crippen LogP contribution in [0, 0.1) is 5.41 Å². The predicted octanol–water partition coefficient (Wildman–Crippen LogP) is 2.21. The molecule has 7 nitrogen and oxygen atoms in total. The summed E-state index contributed by atoms with van der Waals surface area (Å²) in [5.74, 6) is -0.555. The van der Waals surface area contributed by atoms with Gasteiger partial charge in [0.05, 0.1) is 5.41 Å². The SMILES string of the molecule is O=C1N(c2ccc(OC(F)(F)F)cc2)CCC12CCN(S(=O)(=O)O)CC2. The van der Waals surface area contributed by atoms with Crippen LogP contribution in [0.25, 0.3) is 0 Å². The van der Waals surface area contributed by atoms with Crippen molar-refractivity contribution in [3.8, 4) is 5.75 Å². The molecule has 2 heterocycles.